The number of hydrogen-bond acceptors (Lipinski definition) is 10. The molecule has 2 heterocycles. The van der Waals surface area contributed by atoms with Crippen LogP contribution in [0.2, 0.25) is 0 Å². The number of hydrogen-bond donors (Lipinski definition) is 7. The zero-order chi connectivity index (χ0) is 29.7. The number of carboxylic acid groups (broad SMARTS) is 1. The predicted molar refractivity (Wildman–Crippen MR) is 138 cm³/mol. The Kier molecular flexibility index (Phi) is 10.5. The molecule has 0 fully saturated rings. The number of carboxylic acids is 1. The first-order valence-electron chi connectivity index (χ1n) is 13.4. The number of aliphatic hydroxyl groups is 5. The molecule has 0 bridgehead atoms. The number of ether oxygens (including phenoxy) is 3. The van der Waals surface area contributed by atoms with Gasteiger partial charge in [-0.3, -0.25) is 4.79 Å². The van der Waals surface area contributed by atoms with Gasteiger partial charge in [0.05, 0.1) is 12.5 Å². The van der Waals surface area contributed by atoms with Crippen molar-refractivity contribution in [3.8, 4) is 11.5 Å². The normalized spacial score (nSPS) is 22.6. The molecule has 2 aliphatic rings. The smallest absolute Gasteiger partial charge is 0.306 e. The SMILES string of the molecule is O=C(O)CC(O)C(O)C(O)C(O)OC(CNCC(O)C1CCc2cc(F)ccc2O1)C1CCc2cc(F)ccc2O1. The minimum absolute atomic E-state index is 0.00960. The summed E-state index contributed by atoms with van der Waals surface area (Å²) in [5.74, 6) is -1.29. The largest absolute Gasteiger partial charge is 0.487 e. The maximum absolute atomic E-state index is 13.6. The van der Waals surface area contributed by atoms with Gasteiger partial charge < -0.3 is 50.2 Å². The maximum Gasteiger partial charge on any atom is 0.306 e. The third-order valence-corrected chi connectivity index (χ3v) is 7.28. The second-order valence-electron chi connectivity index (χ2n) is 10.3. The van der Waals surface area contributed by atoms with Crippen molar-refractivity contribution in [3.05, 3.63) is 59.2 Å². The van der Waals surface area contributed by atoms with Crippen LogP contribution in [0.1, 0.15) is 30.4 Å². The van der Waals surface area contributed by atoms with Crippen molar-refractivity contribution in [1.29, 1.82) is 0 Å². The van der Waals surface area contributed by atoms with Crippen molar-refractivity contribution in [2.75, 3.05) is 13.1 Å². The van der Waals surface area contributed by atoms with Crippen molar-refractivity contribution in [2.24, 2.45) is 0 Å². The van der Waals surface area contributed by atoms with Crippen molar-refractivity contribution >= 4 is 5.97 Å². The lowest BCUT2D eigenvalue weighted by Gasteiger charge is -2.35. The van der Waals surface area contributed by atoms with Crippen LogP contribution in [0.3, 0.4) is 0 Å². The van der Waals surface area contributed by atoms with E-state index in [0.717, 1.165) is 0 Å². The van der Waals surface area contributed by atoms with E-state index in [0.29, 0.717) is 48.3 Å². The van der Waals surface area contributed by atoms with E-state index < -0.39 is 67.2 Å². The van der Waals surface area contributed by atoms with Crippen LogP contribution in [-0.2, 0) is 22.4 Å². The van der Waals surface area contributed by atoms with E-state index >= 15 is 0 Å². The summed E-state index contributed by atoms with van der Waals surface area (Å²) in [5, 5.41) is 63.4. The second kappa shape index (κ2) is 13.8. The highest BCUT2D eigenvalue weighted by molar-refractivity contribution is 5.67. The van der Waals surface area contributed by atoms with E-state index in [1.165, 1.54) is 36.4 Å². The van der Waals surface area contributed by atoms with Crippen LogP contribution >= 0.6 is 0 Å². The zero-order valence-corrected chi connectivity index (χ0v) is 22.1. The van der Waals surface area contributed by atoms with Crippen molar-refractivity contribution < 1.29 is 58.4 Å². The van der Waals surface area contributed by atoms with Crippen molar-refractivity contribution in [1.82, 2.24) is 5.32 Å². The lowest BCUT2D eigenvalue weighted by atomic mass is 9.98. The van der Waals surface area contributed by atoms with Gasteiger partial charge in [0, 0.05) is 13.1 Å². The Labute approximate surface area is 234 Å². The molecule has 2 aromatic carbocycles. The van der Waals surface area contributed by atoms with Gasteiger partial charge in [0.1, 0.15) is 59.8 Å². The Balaban J connectivity index is 1.39. The molecule has 0 saturated carbocycles. The third-order valence-electron chi connectivity index (χ3n) is 7.28. The van der Waals surface area contributed by atoms with E-state index in [4.69, 9.17) is 19.3 Å². The van der Waals surface area contributed by atoms with E-state index in [-0.39, 0.29) is 18.9 Å². The summed E-state index contributed by atoms with van der Waals surface area (Å²) < 4.78 is 44.6. The van der Waals surface area contributed by atoms with E-state index in [1.807, 2.05) is 0 Å². The minimum Gasteiger partial charge on any atom is -0.487 e. The molecule has 41 heavy (non-hydrogen) atoms. The van der Waals surface area contributed by atoms with Crippen LogP contribution in [0.15, 0.2) is 36.4 Å². The average Bonchev–Trinajstić information content (AvgIpc) is 2.94. The first-order valence-corrected chi connectivity index (χ1v) is 13.4. The molecule has 8 unspecified atom stereocenters. The Morgan fingerprint density at radius 1 is 0.878 bits per heavy atom. The number of rotatable bonds is 13. The van der Waals surface area contributed by atoms with Gasteiger partial charge in [0.15, 0.2) is 6.29 Å². The predicted octanol–water partition coefficient (Wildman–Crippen LogP) is 0.264. The molecule has 0 aliphatic carbocycles. The number of fused-ring (bicyclic) bond motifs is 2. The monoisotopic (exact) mass is 583 g/mol. The third kappa shape index (κ3) is 8.10. The topological polar surface area (TPSA) is 178 Å². The van der Waals surface area contributed by atoms with Crippen LogP contribution in [0, 0.1) is 11.6 Å². The highest BCUT2D eigenvalue weighted by Crippen LogP contribution is 2.31. The Hall–Kier alpha value is -2.91. The summed E-state index contributed by atoms with van der Waals surface area (Å²) in [6, 6.07) is 8.24. The number of aryl methyl sites for hydroxylation is 2. The van der Waals surface area contributed by atoms with Gasteiger partial charge in [-0.05, 0) is 73.2 Å². The van der Waals surface area contributed by atoms with Crippen molar-refractivity contribution in [3.63, 3.8) is 0 Å². The lowest BCUT2D eigenvalue weighted by molar-refractivity contribution is -0.231. The number of aliphatic carboxylic acids is 1. The van der Waals surface area contributed by atoms with Gasteiger partial charge in [-0.25, -0.2) is 8.78 Å². The fourth-order valence-electron chi connectivity index (χ4n) is 5.02. The Bertz CT molecular complexity index is 1190. The summed E-state index contributed by atoms with van der Waals surface area (Å²) in [5.41, 5.74) is 1.36. The molecule has 0 spiro atoms. The highest BCUT2D eigenvalue weighted by atomic mass is 19.1. The maximum atomic E-state index is 13.6. The van der Waals surface area contributed by atoms with Gasteiger partial charge >= 0.3 is 5.97 Å². The molecule has 0 aromatic heterocycles. The summed E-state index contributed by atoms with van der Waals surface area (Å²) in [7, 11) is 0. The summed E-state index contributed by atoms with van der Waals surface area (Å²) in [6.45, 7) is 0.0263. The molecule has 7 N–H and O–H groups in total. The average molecular weight is 584 g/mol. The number of benzene rings is 2. The first-order chi connectivity index (χ1) is 19.5. The highest BCUT2D eigenvalue weighted by Gasteiger charge is 2.37. The van der Waals surface area contributed by atoms with Gasteiger partial charge in [-0.15, -0.1) is 0 Å². The fourth-order valence-corrected chi connectivity index (χ4v) is 5.02. The quantitative estimate of drug-likeness (QED) is 0.161. The molecule has 11 nitrogen and oxygen atoms in total. The Morgan fingerprint density at radius 2 is 1.44 bits per heavy atom. The lowest BCUT2D eigenvalue weighted by Crippen LogP contribution is -2.52. The van der Waals surface area contributed by atoms with Crippen LogP contribution in [0.25, 0.3) is 0 Å². The summed E-state index contributed by atoms with van der Waals surface area (Å²) in [6.07, 6.45) is -10.3. The molecule has 2 aliphatic heterocycles. The van der Waals surface area contributed by atoms with Crippen LogP contribution in [0.4, 0.5) is 8.78 Å². The molecule has 0 radical (unpaired) electrons. The molecule has 226 valence electrons. The van der Waals surface area contributed by atoms with Crippen LogP contribution < -0.4 is 14.8 Å². The molecule has 4 rings (SSSR count). The molecule has 13 heteroatoms. The van der Waals surface area contributed by atoms with Gasteiger partial charge in [-0.1, -0.05) is 0 Å². The fraction of sp³-hybridized carbons (Fsp3) is 0.536. The second-order valence-corrected chi connectivity index (χ2v) is 10.3. The molecular weight excluding hydrogens is 548 g/mol. The van der Waals surface area contributed by atoms with Gasteiger partial charge in [0.2, 0.25) is 0 Å². The molecule has 2 aromatic rings. The number of aliphatic hydroxyl groups excluding tert-OH is 5. The number of halogens is 2. The summed E-state index contributed by atoms with van der Waals surface area (Å²) >= 11 is 0. The first kappa shape index (κ1) is 31.0. The van der Waals surface area contributed by atoms with Crippen LogP contribution in [-0.4, -0.2) is 98.7 Å². The van der Waals surface area contributed by atoms with E-state index in [1.54, 1.807) is 0 Å². The summed E-state index contributed by atoms with van der Waals surface area (Å²) in [4.78, 5) is 10.8. The van der Waals surface area contributed by atoms with E-state index in [9.17, 15) is 39.1 Å². The van der Waals surface area contributed by atoms with Gasteiger partial charge in [-0.2, -0.15) is 0 Å². The number of nitrogens with one attached hydrogen (secondary N) is 1. The standard InChI is InChI=1S/C28H35F2NO10/c29-16-3-7-20-14(9-16)1-5-22(39-20)19(33)12-31-13-24(23-6-2-15-10-17(30)4-8-21(15)40-23)41-28(38)27(37)26(36)18(32)11-25(34)35/h3-4,7-10,18-19,22-24,26-28,31-33,36-38H,1-2,5-6,11-13H2,(H,34,35). The van der Waals surface area contributed by atoms with Gasteiger partial charge in [0.25, 0.3) is 0 Å². The molecule has 8 atom stereocenters. The molecule has 0 amide bonds. The molecule has 0 saturated heterocycles. The minimum atomic E-state index is -2.05. The van der Waals surface area contributed by atoms with Crippen molar-refractivity contribution in [2.45, 2.75) is 81.1 Å². The van der Waals surface area contributed by atoms with Crippen LogP contribution in [0.5, 0.6) is 11.5 Å². The molecular formula is C28H35F2NO10. The zero-order valence-electron chi connectivity index (χ0n) is 22.1. The van der Waals surface area contributed by atoms with E-state index in [2.05, 4.69) is 5.32 Å². The number of carbonyl (C=O) groups is 1. The Morgan fingerprint density at radius 3 is 2.02 bits per heavy atom.